The number of aromatic nitrogens is 2. The van der Waals surface area contributed by atoms with E-state index in [1.807, 2.05) is 4.57 Å². The van der Waals surface area contributed by atoms with Crippen LogP contribution in [0.4, 0.5) is 10.1 Å². The third-order valence-electron chi connectivity index (χ3n) is 3.52. The second-order valence-corrected chi connectivity index (χ2v) is 5.06. The lowest BCUT2D eigenvalue weighted by molar-refractivity contribution is -0.141. The molecule has 1 N–H and O–H groups in total. The first-order valence-electron chi connectivity index (χ1n) is 6.80. The topological polar surface area (TPSA) is 56.1 Å². The molecule has 1 saturated carbocycles. The molecule has 2 aromatic rings. The van der Waals surface area contributed by atoms with Gasteiger partial charge < -0.3 is 14.6 Å². The fourth-order valence-corrected chi connectivity index (χ4v) is 2.28. The van der Waals surface area contributed by atoms with E-state index >= 15 is 0 Å². The number of carbonyl (C=O) groups excluding carboxylic acids is 1. The van der Waals surface area contributed by atoms with E-state index in [4.69, 9.17) is 4.74 Å². The number of imidazole rings is 1. The summed E-state index contributed by atoms with van der Waals surface area (Å²) < 4.78 is 19.8. The highest BCUT2D eigenvalue weighted by molar-refractivity contribution is 5.80. The molecule has 21 heavy (non-hydrogen) atoms. The molecule has 110 valence electrons. The van der Waals surface area contributed by atoms with Gasteiger partial charge in [-0.25, -0.2) is 14.2 Å². The van der Waals surface area contributed by atoms with E-state index in [1.54, 1.807) is 24.7 Å². The van der Waals surface area contributed by atoms with Crippen molar-refractivity contribution in [3.8, 4) is 0 Å². The van der Waals surface area contributed by atoms with Crippen LogP contribution in [-0.2, 0) is 9.53 Å². The number of nitrogens with one attached hydrogen (secondary N) is 1. The standard InChI is InChI=1S/C15H16FN3O2/c1-21-15(20)14(18-11-4-2-10(16)3-5-11)13-8-17-9-19(13)12-6-7-12/h2-5,8-9,12,14,18H,6-7H2,1H3. The zero-order chi connectivity index (χ0) is 14.8. The van der Waals surface area contributed by atoms with E-state index in [-0.39, 0.29) is 5.82 Å². The summed E-state index contributed by atoms with van der Waals surface area (Å²) in [7, 11) is 1.35. The van der Waals surface area contributed by atoms with Crippen LogP contribution < -0.4 is 5.32 Å². The maximum absolute atomic E-state index is 13.0. The van der Waals surface area contributed by atoms with Crippen molar-refractivity contribution in [3.63, 3.8) is 0 Å². The Morgan fingerprint density at radius 1 is 1.43 bits per heavy atom. The SMILES string of the molecule is COC(=O)C(Nc1ccc(F)cc1)c1cncn1C1CC1. The van der Waals surface area contributed by atoms with Crippen molar-refractivity contribution in [1.29, 1.82) is 0 Å². The molecule has 1 unspecified atom stereocenters. The molecule has 0 radical (unpaired) electrons. The summed E-state index contributed by atoms with van der Waals surface area (Å²) >= 11 is 0. The molecule has 0 amide bonds. The highest BCUT2D eigenvalue weighted by Gasteiger charge is 2.31. The van der Waals surface area contributed by atoms with Gasteiger partial charge in [-0.3, -0.25) is 0 Å². The number of anilines is 1. The number of methoxy groups -OCH3 is 1. The smallest absolute Gasteiger partial charge is 0.334 e. The molecule has 1 heterocycles. The average Bonchev–Trinajstić information content (AvgIpc) is 3.24. The average molecular weight is 289 g/mol. The Bertz CT molecular complexity index is 635. The predicted molar refractivity (Wildman–Crippen MR) is 75.3 cm³/mol. The number of nitrogens with zero attached hydrogens (tertiary/aromatic N) is 2. The maximum Gasteiger partial charge on any atom is 0.334 e. The van der Waals surface area contributed by atoms with Crippen LogP contribution in [0.3, 0.4) is 0 Å². The summed E-state index contributed by atoms with van der Waals surface area (Å²) in [6.45, 7) is 0. The van der Waals surface area contributed by atoms with Crippen LogP contribution in [0.1, 0.15) is 30.6 Å². The van der Waals surface area contributed by atoms with Crippen LogP contribution in [0.2, 0.25) is 0 Å². The molecule has 0 aliphatic heterocycles. The van der Waals surface area contributed by atoms with Gasteiger partial charge in [0.1, 0.15) is 5.82 Å². The van der Waals surface area contributed by atoms with Gasteiger partial charge in [-0.2, -0.15) is 0 Å². The number of esters is 1. The molecule has 1 aliphatic rings. The first-order valence-corrected chi connectivity index (χ1v) is 6.80. The molecule has 3 rings (SSSR count). The van der Waals surface area contributed by atoms with Crippen LogP contribution >= 0.6 is 0 Å². The van der Waals surface area contributed by atoms with E-state index in [9.17, 15) is 9.18 Å². The van der Waals surface area contributed by atoms with Crippen molar-refractivity contribution >= 4 is 11.7 Å². The third kappa shape index (κ3) is 2.89. The summed E-state index contributed by atoms with van der Waals surface area (Å²) in [5.74, 6) is -0.722. The number of rotatable bonds is 5. The van der Waals surface area contributed by atoms with Gasteiger partial charge in [0.2, 0.25) is 0 Å². The lowest BCUT2D eigenvalue weighted by Crippen LogP contribution is -2.24. The number of halogens is 1. The van der Waals surface area contributed by atoms with Gasteiger partial charge >= 0.3 is 5.97 Å². The Morgan fingerprint density at radius 3 is 2.76 bits per heavy atom. The quantitative estimate of drug-likeness (QED) is 0.860. The van der Waals surface area contributed by atoms with Crippen molar-refractivity contribution in [1.82, 2.24) is 9.55 Å². The van der Waals surface area contributed by atoms with Crippen LogP contribution in [0.5, 0.6) is 0 Å². The highest BCUT2D eigenvalue weighted by atomic mass is 19.1. The molecule has 1 fully saturated rings. The van der Waals surface area contributed by atoms with Gasteiger partial charge in [-0.15, -0.1) is 0 Å². The number of hydrogen-bond donors (Lipinski definition) is 1. The fraction of sp³-hybridized carbons (Fsp3) is 0.333. The normalized spacial score (nSPS) is 15.5. The molecule has 1 aromatic carbocycles. The summed E-state index contributed by atoms with van der Waals surface area (Å²) in [5.41, 5.74) is 1.41. The van der Waals surface area contributed by atoms with Gasteiger partial charge in [-0.05, 0) is 37.1 Å². The molecule has 0 saturated heterocycles. The van der Waals surface area contributed by atoms with Crippen LogP contribution in [-0.4, -0.2) is 22.6 Å². The molecule has 1 aliphatic carbocycles. The molecule has 0 bridgehead atoms. The molecule has 1 atom stereocenters. The van der Waals surface area contributed by atoms with Crippen molar-refractivity contribution in [2.75, 3.05) is 12.4 Å². The largest absolute Gasteiger partial charge is 0.467 e. The van der Waals surface area contributed by atoms with Crippen molar-refractivity contribution < 1.29 is 13.9 Å². The van der Waals surface area contributed by atoms with Crippen LogP contribution in [0.15, 0.2) is 36.8 Å². The van der Waals surface area contributed by atoms with Gasteiger partial charge in [0.25, 0.3) is 0 Å². The predicted octanol–water partition coefficient (Wildman–Crippen LogP) is 2.68. The van der Waals surface area contributed by atoms with Crippen molar-refractivity contribution in [2.45, 2.75) is 24.9 Å². The van der Waals surface area contributed by atoms with E-state index < -0.39 is 12.0 Å². The molecular weight excluding hydrogens is 273 g/mol. The summed E-state index contributed by atoms with van der Waals surface area (Å²) in [6.07, 6.45) is 5.58. The van der Waals surface area contributed by atoms with E-state index in [1.165, 1.54) is 19.2 Å². The highest BCUT2D eigenvalue weighted by Crippen LogP contribution is 2.37. The van der Waals surface area contributed by atoms with Crippen molar-refractivity contribution in [2.24, 2.45) is 0 Å². The second kappa shape index (κ2) is 5.55. The number of carbonyl (C=O) groups is 1. The van der Waals surface area contributed by atoms with Crippen LogP contribution in [0, 0.1) is 5.82 Å². The third-order valence-corrected chi connectivity index (χ3v) is 3.52. The summed E-state index contributed by atoms with van der Waals surface area (Å²) in [6, 6.07) is 5.60. The Kier molecular flexibility index (Phi) is 3.60. The fourth-order valence-electron chi connectivity index (χ4n) is 2.28. The molecule has 6 heteroatoms. The molecular formula is C15H16FN3O2. The van der Waals surface area contributed by atoms with Crippen LogP contribution in [0.25, 0.3) is 0 Å². The minimum absolute atomic E-state index is 0.321. The lowest BCUT2D eigenvalue weighted by Gasteiger charge is -2.19. The summed E-state index contributed by atoms with van der Waals surface area (Å²) in [4.78, 5) is 16.2. The number of hydrogen-bond acceptors (Lipinski definition) is 4. The lowest BCUT2D eigenvalue weighted by atomic mass is 10.2. The van der Waals surface area contributed by atoms with E-state index in [0.29, 0.717) is 11.7 Å². The van der Waals surface area contributed by atoms with Gasteiger partial charge in [-0.1, -0.05) is 0 Å². The zero-order valence-electron chi connectivity index (χ0n) is 11.6. The zero-order valence-corrected chi connectivity index (χ0v) is 11.6. The first-order chi connectivity index (χ1) is 10.2. The number of ether oxygens (including phenoxy) is 1. The van der Waals surface area contributed by atoms with Crippen molar-refractivity contribution in [3.05, 3.63) is 48.3 Å². The molecule has 1 aromatic heterocycles. The Morgan fingerprint density at radius 2 is 2.14 bits per heavy atom. The first kappa shape index (κ1) is 13.6. The van der Waals surface area contributed by atoms with Gasteiger partial charge in [0.05, 0.1) is 25.3 Å². The Labute approximate surface area is 121 Å². The Balaban J connectivity index is 1.88. The molecule has 0 spiro atoms. The number of benzene rings is 1. The van der Waals surface area contributed by atoms with E-state index in [0.717, 1.165) is 18.5 Å². The van der Waals surface area contributed by atoms with Gasteiger partial charge in [0.15, 0.2) is 6.04 Å². The second-order valence-electron chi connectivity index (χ2n) is 5.06. The minimum Gasteiger partial charge on any atom is -0.467 e. The van der Waals surface area contributed by atoms with E-state index in [2.05, 4.69) is 10.3 Å². The maximum atomic E-state index is 13.0. The monoisotopic (exact) mass is 289 g/mol. The molecule has 5 nitrogen and oxygen atoms in total. The van der Waals surface area contributed by atoms with Gasteiger partial charge in [0, 0.05) is 11.7 Å². The summed E-state index contributed by atoms with van der Waals surface area (Å²) in [5, 5.41) is 3.08. The minimum atomic E-state index is -0.663. The Hall–Kier alpha value is -2.37.